The van der Waals surface area contributed by atoms with Crippen LogP contribution in [0, 0.1) is 5.92 Å². The first-order chi connectivity index (χ1) is 6.45. The minimum Gasteiger partial charge on any atom is -0.393 e. The van der Waals surface area contributed by atoms with Gasteiger partial charge in [-0.15, -0.1) is 0 Å². The fourth-order valence-corrected chi connectivity index (χ4v) is 2.00. The highest BCUT2D eigenvalue weighted by Gasteiger charge is 2.45. The lowest BCUT2D eigenvalue weighted by Crippen LogP contribution is -2.40. The Bertz CT molecular complexity index is 173. The van der Waals surface area contributed by atoms with Crippen LogP contribution in [-0.2, 0) is 4.74 Å². The third kappa shape index (κ3) is 2.85. The van der Waals surface area contributed by atoms with E-state index in [9.17, 15) is 13.2 Å². The monoisotopic (exact) mass is 212 g/mol. The van der Waals surface area contributed by atoms with Crippen LogP contribution in [0.25, 0.3) is 0 Å². The average Bonchev–Trinajstić information content (AvgIpc) is 2.07. The van der Waals surface area contributed by atoms with E-state index in [1.807, 2.05) is 0 Å². The summed E-state index contributed by atoms with van der Waals surface area (Å²) in [5, 5.41) is 9.16. The van der Waals surface area contributed by atoms with Crippen LogP contribution < -0.4 is 0 Å². The number of aliphatic hydroxyl groups excluding tert-OH is 1. The van der Waals surface area contributed by atoms with E-state index in [1.165, 1.54) is 0 Å². The second-order valence-corrected chi connectivity index (χ2v) is 3.77. The van der Waals surface area contributed by atoms with Crippen LogP contribution in [0.1, 0.15) is 25.7 Å². The molecule has 0 amide bonds. The Balaban J connectivity index is 2.54. The summed E-state index contributed by atoms with van der Waals surface area (Å²) in [7, 11) is 1.09. The Hall–Kier alpha value is -0.290. The molecule has 5 heteroatoms. The molecule has 0 aromatic carbocycles. The normalized spacial score (nSPS) is 31.5. The molecule has 1 atom stereocenters. The van der Waals surface area contributed by atoms with Gasteiger partial charge in [-0.05, 0) is 31.6 Å². The van der Waals surface area contributed by atoms with Crippen molar-refractivity contribution in [2.45, 2.75) is 44.1 Å². The lowest BCUT2D eigenvalue weighted by molar-refractivity contribution is -0.232. The summed E-state index contributed by atoms with van der Waals surface area (Å²) in [6.45, 7) is 0. The van der Waals surface area contributed by atoms with Crippen LogP contribution in [0.5, 0.6) is 0 Å². The number of rotatable bonds is 2. The maximum atomic E-state index is 12.4. The van der Waals surface area contributed by atoms with Gasteiger partial charge in [-0.1, -0.05) is 0 Å². The number of halogens is 3. The molecule has 1 N–H and O–H groups in total. The fraction of sp³-hybridized carbons (Fsp3) is 1.00. The maximum absolute atomic E-state index is 12.4. The molecule has 1 aliphatic carbocycles. The zero-order valence-electron chi connectivity index (χ0n) is 8.05. The molecule has 0 bridgehead atoms. The van der Waals surface area contributed by atoms with Gasteiger partial charge < -0.3 is 9.84 Å². The second kappa shape index (κ2) is 4.49. The molecule has 1 aliphatic rings. The molecule has 0 aromatic heterocycles. The SMILES string of the molecule is COC(C1CCC(O)CC1)C(F)(F)F. The minimum absolute atomic E-state index is 0.388. The van der Waals surface area contributed by atoms with Gasteiger partial charge in [-0.2, -0.15) is 13.2 Å². The fourth-order valence-electron chi connectivity index (χ4n) is 2.00. The van der Waals surface area contributed by atoms with Crippen molar-refractivity contribution in [1.29, 1.82) is 0 Å². The average molecular weight is 212 g/mol. The summed E-state index contributed by atoms with van der Waals surface area (Å²) >= 11 is 0. The third-order valence-electron chi connectivity index (χ3n) is 2.75. The number of methoxy groups -OCH3 is 1. The summed E-state index contributed by atoms with van der Waals surface area (Å²) in [6.07, 6.45) is -4.73. The molecule has 1 unspecified atom stereocenters. The van der Waals surface area contributed by atoms with Gasteiger partial charge in [0.05, 0.1) is 6.10 Å². The zero-order chi connectivity index (χ0) is 10.8. The van der Waals surface area contributed by atoms with Crippen molar-refractivity contribution >= 4 is 0 Å². The Morgan fingerprint density at radius 1 is 1.21 bits per heavy atom. The molecule has 0 saturated heterocycles. The van der Waals surface area contributed by atoms with E-state index in [-0.39, 0.29) is 0 Å². The number of aliphatic hydroxyl groups is 1. The molecule has 0 aromatic rings. The van der Waals surface area contributed by atoms with Gasteiger partial charge in [-0.25, -0.2) is 0 Å². The first-order valence-corrected chi connectivity index (χ1v) is 4.72. The highest BCUT2D eigenvalue weighted by Crippen LogP contribution is 2.36. The topological polar surface area (TPSA) is 29.5 Å². The Morgan fingerprint density at radius 2 is 1.71 bits per heavy atom. The highest BCUT2D eigenvalue weighted by atomic mass is 19.4. The van der Waals surface area contributed by atoms with Gasteiger partial charge in [0.2, 0.25) is 0 Å². The summed E-state index contributed by atoms with van der Waals surface area (Å²) in [5.74, 6) is -0.497. The van der Waals surface area contributed by atoms with E-state index in [0.717, 1.165) is 7.11 Å². The van der Waals surface area contributed by atoms with Crippen molar-refractivity contribution in [2.24, 2.45) is 5.92 Å². The predicted octanol–water partition coefficient (Wildman–Crippen LogP) is 2.11. The van der Waals surface area contributed by atoms with E-state index in [4.69, 9.17) is 5.11 Å². The van der Waals surface area contributed by atoms with Crippen molar-refractivity contribution < 1.29 is 23.0 Å². The Morgan fingerprint density at radius 3 is 2.07 bits per heavy atom. The van der Waals surface area contributed by atoms with E-state index < -0.39 is 24.3 Å². The summed E-state index contributed by atoms with van der Waals surface area (Å²) in [4.78, 5) is 0. The first kappa shape index (κ1) is 11.8. The Kier molecular flexibility index (Phi) is 3.78. The van der Waals surface area contributed by atoms with Crippen LogP contribution in [-0.4, -0.2) is 30.6 Å². The molecule has 0 heterocycles. The van der Waals surface area contributed by atoms with Crippen LogP contribution in [0.2, 0.25) is 0 Å². The number of alkyl halides is 3. The highest BCUT2D eigenvalue weighted by molar-refractivity contribution is 4.82. The van der Waals surface area contributed by atoms with E-state index in [2.05, 4.69) is 4.74 Å². The van der Waals surface area contributed by atoms with Gasteiger partial charge in [-0.3, -0.25) is 0 Å². The van der Waals surface area contributed by atoms with Crippen molar-refractivity contribution in [1.82, 2.24) is 0 Å². The minimum atomic E-state index is -4.29. The molecular formula is C9H15F3O2. The van der Waals surface area contributed by atoms with E-state index in [0.29, 0.717) is 25.7 Å². The van der Waals surface area contributed by atoms with Gasteiger partial charge in [0.25, 0.3) is 0 Å². The van der Waals surface area contributed by atoms with Gasteiger partial charge >= 0.3 is 6.18 Å². The molecule has 1 saturated carbocycles. The quantitative estimate of drug-likeness (QED) is 0.759. The van der Waals surface area contributed by atoms with Crippen LogP contribution in [0.4, 0.5) is 13.2 Å². The molecular weight excluding hydrogens is 197 g/mol. The number of hydrogen-bond acceptors (Lipinski definition) is 2. The summed E-state index contributed by atoms with van der Waals surface area (Å²) in [5.41, 5.74) is 0. The van der Waals surface area contributed by atoms with Gasteiger partial charge in [0.15, 0.2) is 6.10 Å². The van der Waals surface area contributed by atoms with Crippen molar-refractivity contribution in [3.8, 4) is 0 Å². The lowest BCUT2D eigenvalue weighted by atomic mass is 9.83. The van der Waals surface area contributed by atoms with E-state index in [1.54, 1.807) is 0 Å². The van der Waals surface area contributed by atoms with Gasteiger partial charge in [0, 0.05) is 7.11 Å². The zero-order valence-corrected chi connectivity index (χ0v) is 8.05. The van der Waals surface area contributed by atoms with Crippen LogP contribution in [0.3, 0.4) is 0 Å². The largest absolute Gasteiger partial charge is 0.414 e. The maximum Gasteiger partial charge on any atom is 0.414 e. The summed E-state index contributed by atoms with van der Waals surface area (Å²) in [6, 6.07) is 0. The molecule has 0 spiro atoms. The molecule has 1 fully saturated rings. The summed E-state index contributed by atoms with van der Waals surface area (Å²) < 4.78 is 41.7. The molecule has 14 heavy (non-hydrogen) atoms. The molecule has 84 valence electrons. The molecule has 0 radical (unpaired) electrons. The van der Waals surface area contributed by atoms with Gasteiger partial charge in [0.1, 0.15) is 0 Å². The number of ether oxygens (including phenoxy) is 1. The molecule has 2 nitrogen and oxygen atoms in total. The second-order valence-electron chi connectivity index (χ2n) is 3.77. The molecule has 1 rings (SSSR count). The van der Waals surface area contributed by atoms with Crippen molar-refractivity contribution in [2.75, 3.05) is 7.11 Å². The van der Waals surface area contributed by atoms with E-state index >= 15 is 0 Å². The standard InChI is InChI=1S/C9H15F3O2/c1-14-8(9(10,11)12)6-2-4-7(13)5-3-6/h6-8,13H,2-5H2,1H3. The van der Waals surface area contributed by atoms with Crippen LogP contribution >= 0.6 is 0 Å². The smallest absolute Gasteiger partial charge is 0.393 e. The number of hydrogen-bond donors (Lipinski definition) is 1. The predicted molar refractivity (Wildman–Crippen MR) is 44.8 cm³/mol. The van der Waals surface area contributed by atoms with Crippen molar-refractivity contribution in [3.63, 3.8) is 0 Å². The molecule has 0 aliphatic heterocycles. The Labute approximate surface area is 81.1 Å². The third-order valence-corrected chi connectivity index (χ3v) is 2.75. The van der Waals surface area contributed by atoms with Crippen molar-refractivity contribution in [3.05, 3.63) is 0 Å². The van der Waals surface area contributed by atoms with Crippen LogP contribution in [0.15, 0.2) is 0 Å². The first-order valence-electron chi connectivity index (χ1n) is 4.72. The lowest BCUT2D eigenvalue weighted by Gasteiger charge is -2.32.